The fourth-order valence-corrected chi connectivity index (χ4v) is 4.19. The number of carbonyl (C=O) groups is 1. The molecule has 1 unspecified atom stereocenters. The van der Waals surface area contributed by atoms with Crippen molar-refractivity contribution in [1.29, 1.82) is 0 Å². The number of halogens is 2. The molecule has 1 aromatic carbocycles. The summed E-state index contributed by atoms with van der Waals surface area (Å²) < 4.78 is 40.6. The lowest BCUT2D eigenvalue weighted by atomic mass is 9.86. The molecule has 1 saturated heterocycles. The molecular weight excluding hydrogens is 402 g/mol. The molecule has 2 fully saturated rings. The number of esters is 1. The maximum absolute atomic E-state index is 14.9. The number of rotatable bonds is 8. The van der Waals surface area contributed by atoms with E-state index in [1.165, 1.54) is 31.4 Å². The molecule has 2 aromatic rings. The zero-order chi connectivity index (χ0) is 21.8. The van der Waals surface area contributed by atoms with Crippen LogP contribution in [0.25, 0.3) is 11.3 Å². The molecule has 0 bridgehead atoms. The first-order chi connectivity index (χ1) is 15.0. The van der Waals surface area contributed by atoms with Crippen LogP contribution in [0.15, 0.2) is 30.3 Å². The van der Waals surface area contributed by atoms with Gasteiger partial charge >= 0.3 is 5.97 Å². The van der Waals surface area contributed by atoms with Crippen molar-refractivity contribution in [2.24, 2.45) is 11.8 Å². The Morgan fingerprint density at radius 1 is 1.16 bits per heavy atom. The fraction of sp³-hybridized carbons (Fsp3) is 0.500. The molecule has 1 aliphatic carbocycles. The standard InChI is InChI=1S/C24H28F2N2O3/c1-2-30-23(29)11-17-9-10-28(14-17)24-19(25)12-18(13-20(24)26)21-7-4-8-22(27-21)31-15-16-5-3-6-16/h4,7-8,12-13,16-17H,2-3,5-6,9-11,14-15H2,1H3. The van der Waals surface area contributed by atoms with Gasteiger partial charge in [0.15, 0.2) is 0 Å². The largest absolute Gasteiger partial charge is 0.477 e. The number of benzene rings is 1. The maximum atomic E-state index is 14.9. The Morgan fingerprint density at radius 3 is 2.61 bits per heavy atom. The van der Waals surface area contributed by atoms with Gasteiger partial charge in [0.2, 0.25) is 5.88 Å². The van der Waals surface area contributed by atoms with E-state index in [0.29, 0.717) is 55.8 Å². The number of carbonyl (C=O) groups excluding carboxylic acids is 1. The van der Waals surface area contributed by atoms with Crippen LogP contribution in [0.1, 0.15) is 39.0 Å². The van der Waals surface area contributed by atoms with Crippen LogP contribution in [0.4, 0.5) is 14.5 Å². The average Bonchev–Trinajstić information content (AvgIpc) is 3.14. The van der Waals surface area contributed by atoms with Crippen LogP contribution in [0.3, 0.4) is 0 Å². The van der Waals surface area contributed by atoms with Gasteiger partial charge in [-0.25, -0.2) is 13.8 Å². The number of aromatic nitrogens is 1. The first-order valence-corrected chi connectivity index (χ1v) is 11.0. The molecule has 5 nitrogen and oxygen atoms in total. The van der Waals surface area contributed by atoms with Crippen LogP contribution in [0.2, 0.25) is 0 Å². The van der Waals surface area contributed by atoms with Gasteiger partial charge in [0.1, 0.15) is 17.3 Å². The van der Waals surface area contributed by atoms with E-state index in [-0.39, 0.29) is 24.0 Å². The van der Waals surface area contributed by atoms with Crippen molar-refractivity contribution in [1.82, 2.24) is 4.98 Å². The predicted octanol–water partition coefficient (Wildman–Crippen LogP) is 4.99. The zero-order valence-corrected chi connectivity index (χ0v) is 17.8. The van der Waals surface area contributed by atoms with Gasteiger partial charge in [0, 0.05) is 24.7 Å². The third-order valence-electron chi connectivity index (χ3n) is 6.09. The lowest BCUT2D eigenvalue weighted by Gasteiger charge is -2.24. The molecule has 7 heteroatoms. The number of hydrogen-bond acceptors (Lipinski definition) is 5. The lowest BCUT2D eigenvalue weighted by Crippen LogP contribution is -2.23. The molecule has 0 N–H and O–H groups in total. The van der Waals surface area contributed by atoms with E-state index in [9.17, 15) is 13.6 Å². The second-order valence-corrected chi connectivity index (χ2v) is 8.37. The highest BCUT2D eigenvalue weighted by Gasteiger charge is 2.29. The summed E-state index contributed by atoms with van der Waals surface area (Å²) in [6.07, 6.45) is 4.56. The van der Waals surface area contributed by atoms with E-state index in [1.54, 1.807) is 30.0 Å². The minimum absolute atomic E-state index is 0.0312. The first kappa shape index (κ1) is 21.5. The molecule has 0 amide bonds. The summed E-state index contributed by atoms with van der Waals surface area (Å²) >= 11 is 0. The molecule has 2 heterocycles. The normalized spacial score (nSPS) is 18.7. The molecule has 1 aliphatic heterocycles. The summed E-state index contributed by atoms with van der Waals surface area (Å²) in [7, 11) is 0. The Bertz CT molecular complexity index is 910. The van der Waals surface area contributed by atoms with E-state index in [1.807, 2.05) is 0 Å². The van der Waals surface area contributed by atoms with Crippen LogP contribution < -0.4 is 9.64 Å². The third kappa shape index (κ3) is 5.14. The van der Waals surface area contributed by atoms with Crippen molar-refractivity contribution in [2.45, 2.75) is 39.0 Å². The minimum atomic E-state index is -0.630. The van der Waals surface area contributed by atoms with Gasteiger partial charge in [-0.1, -0.05) is 12.5 Å². The molecule has 0 radical (unpaired) electrons. The van der Waals surface area contributed by atoms with E-state index in [4.69, 9.17) is 9.47 Å². The number of pyridine rings is 1. The van der Waals surface area contributed by atoms with Gasteiger partial charge in [0.25, 0.3) is 0 Å². The third-order valence-corrected chi connectivity index (χ3v) is 6.09. The minimum Gasteiger partial charge on any atom is -0.477 e. The first-order valence-electron chi connectivity index (χ1n) is 11.0. The Labute approximate surface area is 181 Å². The number of anilines is 1. The van der Waals surface area contributed by atoms with Crippen molar-refractivity contribution < 1.29 is 23.0 Å². The van der Waals surface area contributed by atoms with Crippen molar-refractivity contribution in [3.63, 3.8) is 0 Å². The van der Waals surface area contributed by atoms with Gasteiger partial charge in [-0.15, -0.1) is 0 Å². The van der Waals surface area contributed by atoms with Gasteiger partial charge < -0.3 is 14.4 Å². The SMILES string of the molecule is CCOC(=O)CC1CCN(c2c(F)cc(-c3cccc(OCC4CCC4)n3)cc2F)C1. The highest BCUT2D eigenvalue weighted by atomic mass is 19.1. The van der Waals surface area contributed by atoms with E-state index in [0.717, 1.165) is 0 Å². The van der Waals surface area contributed by atoms with E-state index < -0.39 is 11.6 Å². The van der Waals surface area contributed by atoms with Gasteiger partial charge in [0.05, 0.1) is 25.3 Å². The van der Waals surface area contributed by atoms with Gasteiger partial charge in [-0.3, -0.25) is 4.79 Å². The number of ether oxygens (including phenoxy) is 2. The summed E-state index contributed by atoms with van der Waals surface area (Å²) in [6, 6.07) is 7.89. The van der Waals surface area contributed by atoms with Crippen LogP contribution in [0, 0.1) is 23.5 Å². The molecule has 31 heavy (non-hydrogen) atoms. The van der Waals surface area contributed by atoms with Gasteiger partial charge in [-0.2, -0.15) is 0 Å². The van der Waals surface area contributed by atoms with Gasteiger partial charge in [-0.05, 0) is 56.2 Å². The monoisotopic (exact) mass is 430 g/mol. The Hall–Kier alpha value is -2.70. The summed E-state index contributed by atoms with van der Waals surface area (Å²) in [6.45, 7) is 3.64. The van der Waals surface area contributed by atoms with Crippen LogP contribution in [0.5, 0.6) is 5.88 Å². The molecule has 0 spiro atoms. The summed E-state index contributed by atoms with van der Waals surface area (Å²) in [4.78, 5) is 17.8. The summed E-state index contributed by atoms with van der Waals surface area (Å²) in [5, 5.41) is 0. The van der Waals surface area contributed by atoms with E-state index >= 15 is 0 Å². The molecule has 1 atom stereocenters. The van der Waals surface area contributed by atoms with Crippen LogP contribution in [-0.4, -0.2) is 37.3 Å². The zero-order valence-electron chi connectivity index (χ0n) is 17.8. The van der Waals surface area contributed by atoms with Crippen molar-refractivity contribution >= 4 is 11.7 Å². The van der Waals surface area contributed by atoms with Crippen molar-refractivity contribution in [2.75, 3.05) is 31.2 Å². The predicted molar refractivity (Wildman–Crippen MR) is 114 cm³/mol. The smallest absolute Gasteiger partial charge is 0.306 e. The van der Waals surface area contributed by atoms with E-state index in [2.05, 4.69) is 4.98 Å². The summed E-state index contributed by atoms with van der Waals surface area (Å²) in [5.74, 6) is -0.452. The Morgan fingerprint density at radius 2 is 1.94 bits per heavy atom. The highest BCUT2D eigenvalue weighted by molar-refractivity contribution is 5.70. The second-order valence-electron chi connectivity index (χ2n) is 8.37. The molecule has 1 aromatic heterocycles. The van der Waals surface area contributed by atoms with Crippen LogP contribution in [-0.2, 0) is 9.53 Å². The average molecular weight is 430 g/mol. The van der Waals surface area contributed by atoms with Crippen LogP contribution >= 0.6 is 0 Å². The Balaban J connectivity index is 1.46. The molecule has 4 rings (SSSR count). The Kier molecular flexibility index (Phi) is 6.68. The number of hydrogen-bond donors (Lipinski definition) is 0. The topological polar surface area (TPSA) is 51.7 Å². The quantitative estimate of drug-likeness (QED) is 0.553. The highest BCUT2D eigenvalue weighted by Crippen LogP contribution is 2.34. The molecule has 166 valence electrons. The molecule has 2 aliphatic rings. The van der Waals surface area contributed by atoms with Crippen molar-refractivity contribution in [3.8, 4) is 17.1 Å². The molecule has 1 saturated carbocycles. The van der Waals surface area contributed by atoms with Crippen molar-refractivity contribution in [3.05, 3.63) is 42.0 Å². The lowest BCUT2D eigenvalue weighted by molar-refractivity contribution is -0.144. The fourth-order valence-electron chi connectivity index (χ4n) is 4.19. The summed E-state index contributed by atoms with van der Waals surface area (Å²) in [5.41, 5.74) is 0.791. The second kappa shape index (κ2) is 9.62. The number of nitrogens with zero attached hydrogens (tertiary/aromatic N) is 2. The maximum Gasteiger partial charge on any atom is 0.306 e. The molecular formula is C24H28F2N2O3.